The van der Waals surface area contributed by atoms with Crippen molar-refractivity contribution >= 4 is 11.2 Å². The van der Waals surface area contributed by atoms with Crippen LogP contribution in [0.3, 0.4) is 0 Å². The summed E-state index contributed by atoms with van der Waals surface area (Å²) in [6, 6.07) is 24.4. The highest BCUT2D eigenvalue weighted by atomic mass is 32.2. The van der Waals surface area contributed by atoms with E-state index < -0.39 is 16.8 Å². The zero-order valence-corrected chi connectivity index (χ0v) is 20.6. The van der Waals surface area contributed by atoms with Crippen molar-refractivity contribution < 1.29 is 9.66 Å². The summed E-state index contributed by atoms with van der Waals surface area (Å²) in [6.07, 6.45) is 3.61. The van der Waals surface area contributed by atoms with E-state index >= 15 is 0 Å². The molecule has 0 radical (unpaired) electrons. The van der Waals surface area contributed by atoms with E-state index in [0.29, 0.717) is 11.6 Å². The predicted molar refractivity (Wildman–Crippen MR) is 136 cm³/mol. The minimum absolute atomic E-state index is 0.343. The molecule has 0 saturated carbocycles. The standard InChI is InChI=1S/C28H30N2O2S/c1-19(2)24-11-6-7-12-25(24)27-29-26(28(3,4)31)18-30(27)22-15-13-20(14-16-22)21-9-8-10-23(17-21)33(5)32/h6-19,31H,1-5H3. The van der Waals surface area contributed by atoms with Crippen LogP contribution < -0.4 is 0 Å². The summed E-state index contributed by atoms with van der Waals surface area (Å²) in [5, 5.41) is 10.7. The maximum absolute atomic E-state index is 11.9. The molecule has 0 bridgehead atoms. The van der Waals surface area contributed by atoms with Gasteiger partial charge in [0, 0.05) is 23.5 Å². The highest BCUT2D eigenvalue weighted by Gasteiger charge is 2.24. The Kier molecular flexibility index (Phi) is 6.48. The lowest BCUT2D eigenvalue weighted by atomic mass is 9.96. The van der Waals surface area contributed by atoms with Crippen LogP contribution in [0, 0.1) is 0 Å². The molecular weight excluding hydrogens is 428 g/mol. The molecule has 170 valence electrons. The first-order chi connectivity index (χ1) is 15.6. The normalized spacial score (nSPS) is 12.8. The van der Waals surface area contributed by atoms with Gasteiger partial charge in [0.1, 0.15) is 17.7 Å². The molecule has 4 rings (SSSR count). The second-order valence-corrected chi connectivity index (χ2v) is 10.5. The van der Waals surface area contributed by atoms with E-state index in [9.17, 15) is 9.66 Å². The summed E-state index contributed by atoms with van der Waals surface area (Å²) in [5.41, 5.74) is 4.89. The third kappa shape index (κ3) is 4.91. The van der Waals surface area contributed by atoms with E-state index in [-0.39, 0.29) is 0 Å². The molecule has 3 aromatic carbocycles. The Morgan fingerprint density at radius 2 is 1.64 bits per heavy atom. The van der Waals surface area contributed by atoms with Crippen molar-refractivity contribution in [3.05, 3.63) is 90.3 Å². The Balaban J connectivity index is 1.81. The Hall–Kier alpha value is -2.86. The summed E-state index contributed by atoms with van der Waals surface area (Å²) in [7, 11) is 0. The largest absolute Gasteiger partial charge is 0.612 e. The van der Waals surface area contributed by atoms with Crippen LogP contribution in [0.15, 0.2) is 83.9 Å². The van der Waals surface area contributed by atoms with Crippen LogP contribution in [-0.4, -0.2) is 25.5 Å². The van der Waals surface area contributed by atoms with Crippen LogP contribution in [-0.2, 0) is 16.8 Å². The number of hydrogen-bond donors (Lipinski definition) is 1. The topological polar surface area (TPSA) is 61.1 Å². The van der Waals surface area contributed by atoms with Gasteiger partial charge in [0.05, 0.1) is 5.69 Å². The summed E-state index contributed by atoms with van der Waals surface area (Å²) in [6.45, 7) is 7.86. The van der Waals surface area contributed by atoms with Gasteiger partial charge < -0.3 is 9.66 Å². The van der Waals surface area contributed by atoms with Gasteiger partial charge in [0.25, 0.3) is 0 Å². The van der Waals surface area contributed by atoms with E-state index in [4.69, 9.17) is 4.98 Å². The van der Waals surface area contributed by atoms with Crippen LogP contribution >= 0.6 is 0 Å². The van der Waals surface area contributed by atoms with E-state index in [0.717, 1.165) is 33.1 Å². The Morgan fingerprint density at radius 3 is 2.27 bits per heavy atom. The summed E-state index contributed by atoms with van der Waals surface area (Å²) in [5.74, 6) is 1.16. The average molecular weight is 459 g/mol. The molecule has 1 unspecified atom stereocenters. The number of imidazole rings is 1. The molecule has 0 aliphatic carbocycles. The minimum atomic E-state index is -1.05. The SMILES string of the molecule is CC(C)c1ccccc1-c1nc(C(C)(C)O)cn1-c1ccc(-c2cccc([S+](C)[O-])c2)cc1. The second-order valence-electron chi connectivity index (χ2n) is 9.15. The second kappa shape index (κ2) is 9.18. The number of aliphatic hydroxyl groups is 1. The summed E-state index contributed by atoms with van der Waals surface area (Å²) in [4.78, 5) is 5.68. The van der Waals surface area contributed by atoms with Crippen molar-refractivity contribution in [1.82, 2.24) is 9.55 Å². The molecule has 5 heteroatoms. The van der Waals surface area contributed by atoms with Crippen molar-refractivity contribution in [2.75, 3.05) is 6.26 Å². The van der Waals surface area contributed by atoms with Crippen LogP contribution in [0.2, 0.25) is 0 Å². The van der Waals surface area contributed by atoms with Crippen molar-refractivity contribution in [1.29, 1.82) is 0 Å². The van der Waals surface area contributed by atoms with Crippen LogP contribution in [0.25, 0.3) is 28.2 Å². The monoisotopic (exact) mass is 458 g/mol. The maximum Gasteiger partial charge on any atom is 0.153 e. The molecule has 4 nitrogen and oxygen atoms in total. The van der Waals surface area contributed by atoms with Crippen molar-refractivity contribution in [2.45, 2.75) is 44.1 Å². The molecule has 4 aromatic rings. The number of nitrogens with zero attached hydrogens (tertiary/aromatic N) is 2. The first-order valence-corrected chi connectivity index (χ1v) is 12.7. The third-order valence-electron chi connectivity index (χ3n) is 5.80. The van der Waals surface area contributed by atoms with E-state index in [1.165, 1.54) is 5.56 Å². The van der Waals surface area contributed by atoms with Gasteiger partial charge in [-0.3, -0.25) is 4.57 Å². The first kappa shape index (κ1) is 23.3. The summed E-state index contributed by atoms with van der Waals surface area (Å²) >= 11 is -1.02. The molecule has 1 aromatic heterocycles. The predicted octanol–water partition coefficient (Wildman–Crippen LogP) is 6.29. The molecule has 0 fully saturated rings. The van der Waals surface area contributed by atoms with Crippen LogP contribution in [0.4, 0.5) is 0 Å². The van der Waals surface area contributed by atoms with Crippen molar-refractivity contribution in [2.24, 2.45) is 0 Å². The number of rotatable bonds is 6. The van der Waals surface area contributed by atoms with E-state index in [1.807, 2.05) is 36.5 Å². The Labute approximate surface area is 199 Å². The molecule has 1 heterocycles. The smallest absolute Gasteiger partial charge is 0.153 e. The lowest BCUT2D eigenvalue weighted by Crippen LogP contribution is -2.15. The zero-order chi connectivity index (χ0) is 23.8. The highest BCUT2D eigenvalue weighted by Crippen LogP contribution is 2.33. The molecule has 1 N–H and O–H groups in total. The van der Waals surface area contributed by atoms with Crippen molar-refractivity contribution in [3.63, 3.8) is 0 Å². The Bertz CT molecular complexity index is 1250. The highest BCUT2D eigenvalue weighted by molar-refractivity contribution is 7.90. The first-order valence-electron chi connectivity index (χ1n) is 11.1. The van der Waals surface area contributed by atoms with Gasteiger partial charge in [-0.05, 0) is 65.8 Å². The van der Waals surface area contributed by atoms with Gasteiger partial charge in [-0.2, -0.15) is 0 Å². The fraction of sp³-hybridized carbons (Fsp3) is 0.250. The van der Waals surface area contributed by atoms with Gasteiger partial charge in [0.2, 0.25) is 0 Å². The number of aromatic nitrogens is 2. The Morgan fingerprint density at radius 1 is 0.939 bits per heavy atom. The molecular formula is C28H30N2O2S. The van der Waals surface area contributed by atoms with Crippen LogP contribution in [0.5, 0.6) is 0 Å². The van der Waals surface area contributed by atoms with E-state index in [1.54, 1.807) is 20.1 Å². The molecule has 0 aliphatic rings. The number of benzene rings is 3. The van der Waals surface area contributed by atoms with E-state index in [2.05, 4.69) is 60.9 Å². The fourth-order valence-corrected chi connectivity index (χ4v) is 4.50. The zero-order valence-electron chi connectivity index (χ0n) is 19.7. The lowest BCUT2D eigenvalue weighted by Gasteiger charge is -2.14. The molecule has 0 amide bonds. The van der Waals surface area contributed by atoms with Crippen LogP contribution in [0.1, 0.15) is 44.9 Å². The fourth-order valence-electron chi connectivity index (χ4n) is 3.93. The average Bonchev–Trinajstić information content (AvgIpc) is 3.25. The van der Waals surface area contributed by atoms with Crippen molar-refractivity contribution in [3.8, 4) is 28.2 Å². The third-order valence-corrected chi connectivity index (χ3v) is 6.72. The molecule has 1 atom stereocenters. The lowest BCUT2D eigenvalue weighted by molar-refractivity contribution is 0.0743. The van der Waals surface area contributed by atoms with Gasteiger partial charge in [-0.25, -0.2) is 4.98 Å². The maximum atomic E-state index is 11.9. The van der Waals surface area contributed by atoms with Gasteiger partial charge in [0.15, 0.2) is 4.90 Å². The molecule has 0 spiro atoms. The molecule has 33 heavy (non-hydrogen) atoms. The molecule has 0 saturated heterocycles. The van der Waals surface area contributed by atoms with Gasteiger partial charge in [-0.15, -0.1) is 0 Å². The summed E-state index contributed by atoms with van der Waals surface area (Å²) < 4.78 is 13.9. The molecule has 0 aliphatic heterocycles. The van der Waals surface area contributed by atoms with Gasteiger partial charge >= 0.3 is 0 Å². The van der Waals surface area contributed by atoms with Gasteiger partial charge in [-0.1, -0.05) is 62.4 Å². The minimum Gasteiger partial charge on any atom is -0.612 e. The quantitative estimate of drug-likeness (QED) is 0.345. The number of hydrogen-bond acceptors (Lipinski definition) is 3.